The predicted molar refractivity (Wildman–Crippen MR) is 108 cm³/mol. The molecule has 1 aromatic carbocycles. The summed E-state index contributed by atoms with van der Waals surface area (Å²) in [4.78, 5) is 13.6. The van der Waals surface area contributed by atoms with E-state index in [2.05, 4.69) is 5.10 Å². The van der Waals surface area contributed by atoms with Crippen molar-refractivity contribution in [2.45, 2.75) is 44.0 Å². The quantitative estimate of drug-likeness (QED) is 0.765. The predicted octanol–water partition coefficient (Wildman–Crippen LogP) is 2.16. The van der Waals surface area contributed by atoms with E-state index in [9.17, 15) is 13.2 Å². The van der Waals surface area contributed by atoms with E-state index in [1.807, 2.05) is 24.6 Å². The van der Waals surface area contributed by atoms with Gasteiger partial charge in [-0.15, -0.1) is 0 Å². The van der Waals surface area contributed by atoms with Crippen LogP contribution in [0.15, 0.2) is 35.2 Å². The number of carbonyl (C=O) groups is 1. The highest BCUT2D eigenvalue weighted by Gasteiger charge is 2.30. The van der Waals surface area contributed by atoms with Gasteiger partial charge in [0.25, 0.3) is 0 Å². The molecule has 0 atom stereocenters. The van der Waals surface area contributed by atoms with Gasteiger partial charge in [0.1, 0.15) is 0 Å². The van der Waals surface area contributed by atoms with Crippen LogP contribution in [-0.4, -0.2) is 60.5 Å². The van der Waals surface area contributed by atoms with E-state index in [0.29, 0.717) is 13.1 Å². The van der Waals surface area contributed by atoms with Crippen molar-refractivity contribution in [1.82, 2.24) is 19.0 Å². The zero-order chi connectivity index (χ0) is 20.5. The van der Waals surface area contributed by atoms with Crippen LogP contribution in [0, 0.1) is 13.8 Å². The van der Waals surface area contributed by atoms with Crippen LogP contribution in [-0.2, 0) is 21.2 Å². The Hall–Kier alpha value is -2.19. The molecule has 7 nitrogen and oxygen atoms in total. The highest BCUT2D eigenvalue weighted by Crippen LogP contribution is 2.27. The molecule has 2 heterocycles. The number of hydrogen-bond acceptors (Lipinski definition) is 4. The number of nitrogens with zero attached hydrogens (tertiary/aromatic N) is 4. The van der Waals surface area contributed by atoms with E-state index >= 15 is 0 Å². The van der Waals surface area contributed by atoms with Gasteiger partial charge in [-0.25, -0.2) is 8.42 Å². The average molecular weight is 405 g/mol. The number of amides is 1. The fourth-order valence-electron chi connectivity index (χ4n) is 3.60. The minimum Gasteiger partial charge on any atom is -0.349 e. The van der Waals surface area contributed by atoms with Crippen molar-refractivity contribution in [3.63, 3.8) is 0 Å². The molecule has 0 unspecified atom stereocenters. The van der Waals surface area contributed by atoms with Crippen LogP contribution in [0.3, 0.4) is 0 Å². The summed E-state index contributed by atoms with van der Waals surface area (Å²) in [6, 6.07) is 8.92. The molecule has 3 rings (SSSR count). The summed E-state index contributed by atoms with van der Waals surface area (Å²) in [5, 5.41) is 4.54. The van der Waals surface area contributed by atoms with Gasteiger partial charge in [-0.3, -0.25) is 9.48 Å². The summed E-state index contributed by atoms with van der Waals surface area (Å²) in [6.45, 7) is 4.96. The Balaban J connectivity index is 1.67. The number of benzene rings is 1. The first kappa shape index (κ1) is 20.5. The molecule has 8 heteroatoms. The molecule has 0 aliphatic carbocycles. The molecular formula is C20H28N4O3S. The minimum atomic E-state index is -3.53. The zero-order valence-electron chi connectivity index (χ0n) is 16.9. The minimum absolute atomic E-state index is 0.0122. The number of rotatable bonds is 5. The Kier molecular flexibility index (Phi) is 5.90. The molecule has 0 N–H and O–H groups in total. The van der Waals surface area contributed by atoms with Gasteiger partial charge in [0.2, 0.25) is 15.9 Å². The SMILES string of the molecule is Cc1cc(C)n(C2CCN(S(=O)(=O)c3ccc(CC(=O)N(C)C)cc3)CC2)n1. The van der Waals surface area contributed by atoms with Crippen molar-refractivity contribution >= 4 is 15.9 Å². The molecule has 1 aliphatic heterocycles. The van der Waals surface area contributed by atoms with E-state index < -0.39 is 10.0 Å². The molecule has 1 aliphatic rings. The van der Waals surface area contributed by atoms with Crippen LogP contribution >= 0.6 is 0 Å². The number of piperidine rings is 1. The second kappa shape index (κ2) is 8.05. The Bertz CT molecular complexity index is 940. The number of carbonyl (C=O) groups excluding carboxylic acids is 1. The topological polar surface area (TPSA) is 75.5 Å². The molecule has 1 aromatic heterocycles. The second-order valence-electron chi connectivity index (χ2n) is 7.62. The lowest BCUT2D eigenvalue weighted by atomic mass is 10.1. The molecule has 0 bridgehead atoms. The van der Waals surface area contributed by atoms with Gasteiger partial charge in [-0.1, -0.05) is 12.1 Å². The lowest BCUT2D eigenvalue weighted by molar-refractivity contribution is -0.127. The van der Waals surface area contributed by atoms with Gasteiger partial charge in [-0.05, 0) is 50.5 Å². The third kappa shape index (κ3) is 4.28. The van der Waals surface area contributed by atoms with E-state index in [1.165, 1.54) is 4.90 Å². The van der Waals surface area contributed by atoms with Crippen LogP contribution < -0.4 is 0 Å². The monoisotopic (exact) mass is 404 g/mol. The van der Waals surface area contributed by atoms with Crippen molar-refractivity contribution in [3.05, 3.63) is 47.3 Å². The average Bonchev–Trinajstić information content (AvgIpc) is 3.00. The van der Waals surface area contributed by atoms with Gasteiger partial charge in [0.15, 0.2) is 0 Å². The maximum absolute atomic E-state index is 13.0. The molecule has 0 spiro atoms. The highest BCUT2D eigenvalue weighted by atomic mass is 32.2. The van der Waals surface area contributed by atoms with Crippen LogP contribution in [0.4, 0.5) is 0 Å². The number of hydrogen-bond donors (Lipinski definition) is 0. The van der Waals surface area contributed by atoms with Gasteiger partial charge in [0.05, 0.1) is 23.1 Å². The first-order valence-corrected chi connectivity index (χ1v) is 10.9. The first-order chi connectivity index (χ1) is 13.2. The van der Waals surface area contributed by atoms with E-state index in [4.69, 9.17) is 0 Å². The lowest BCUT2D eigenvalue weighted by Crippen LogP contribution is -2.39. The molecule has 1 fully saturated rings. The standard InChI is InChI=1S/C20H28N4O3S/c1-15-13-16(2)24(21-15)18-9-11-23(12-10-18)28(26,27)19-7-5-17(6-8-19)14-20(25)22(3)4/h5-8,13,18H,9-12,14H2,1-4H3. The molecule has 1 saturated heterocycles. The van der Waals surface area contributed by atoms with Crippen molar-refractivity contribution < 1.29 is 13.2 Å². The van der Waals surface area contributed by atoms with Crippen LogP contribution in [0.2, 0.25) is 0 Å². The molecule has 0 radical (unpaired) electrons. The summed E-state index contributed by atoms with van der Waals surface area (Å²) in [7, 11) is -0.115. The molecule has 28 heavy (non-hydrogen) atoms. The maximum atomic E-state index is 13.0. The van der Waals surface area contributed by atoms with Crippen LogP contribution in [0.25, 0.3) is 0 Å². The van der Waals surface area contributed by atoms with Gasteiger partial charge in [0, 0.05) is 32.9 Å². The van der Waals surface area contributed by atoms with Crippen LogP contribution in [0.1, 0.15) is 35.8 Å². The smallest absolute Gasteiger partial charge is 0.243 e. The van der Waals surface area contributed by atoms with Crippen molar-refractivity contribution in [2.75, 3.05) is 27.2 Å². The largest absolute Gasteiger partial charge is 0.349 e. The maximum Gasteiger partial charge on any atom is 0.243 e. The zero-order valence-corrected chi connectivity index (χ0v) is 17.7. The summed E-state index contributed by atoms with van der Waals surface area (Å²) >= 11 is 0. The number of aryl methyl sites for hydroxylation is 2. The van der Waals surface area contributed by atoms with Crippen molar-refractivity contribution in [2.24, 2.45) is 0 Å². The molecule has 152 valence electrons. The Morgan fingerprint density at radius 1 is 1.14 bits per heavy atom. The van der Waals surface area contributed by atoms with E-state index in [1.54, 1.807) is 42.7 Å². The number of sulfonamides is 1. The highest BCUT2D eigenvalue weighted by molar-refractivity contribution is 7.89. The fourth-order valence-corrected chi connectivity index (χ4v) is 5.07. The molecule has 1 amide bonds. The Morgan fingerprint density at radius 3 is 2.25 bits per heavy atom. The second-order valence-corrected chi connectivity index (χ2v) is 9.55. The Labute approximate surface area is 167 Å². The van der Waals surface area contributed by atoms with Gasteiger partial charge in [-0.2, -0.15) is 9.40 Å². The van der Waals surface area contributed by atoms with E-state index in [-0.39, 0.29) is 23.3 Å². The van der Waals surface area contributed by atoms with Crippen molar-refractivity contribution in [3.8, 4) is 0 Å². The normalized spacial score (nSPS) is 16.3. The molecule has 0 saturated carbocycles. The van der Waals surface area contributed by atoms with Gasteiger partial charge < -0.3 is 4.90 Å². The lowest BCUT2D eigenvalue weighted by Gasteiger charge is -2.32. The third-order valence-electron chi connectivity index (χ3n) is 5.23. The number of aromatic nitrogens is 2. The third-order valence-corrected chi connectivity index (χ3v) is 7.14. The number of likely N-dealkylation sites (N-methyl/N-ethyl adjacent to an activating group) is 1. The summed E-state index contributed by atoms with van der Waals surface area (Å²) < 4.78 is 29.5. The summed E-state index contributed by atoms with van der Waals surface area (Å²) in [5.74, 6) is -0.0122. The molecule has 2 aromatic rings. The fraction of sp³-hybridized carbons (Fsp3) is 0.500. The summed E-state index contributed by atoms with van der Waals surface area (Å²) in [6.07, 6.45) is 1.76. The Morgan fingerprint density at radius 2 is 1.75 bits per heavy atom. The first-order valence-electron chi connectivity index (χ1n) is 9.50. The van der Waals surface area contributed by atoms with Crippen molar-refractivity contribution in [1.29, 1.82) is 0 Å². The van der Waals surface area contributed by atoms with Gasteiger partial charge >= 0.3 is 0 Å². The van der Waals surface area contributed by atoms with E-state index in [0.717, 1.165) is 29.8 Å². The summed E-state index contributed by atoms with van der Waals surface area (Å²) in [5.41, 5.74) is 2.91. The molecular weight excluding hydrogens is 376 g/mol. The van der Waals surface area contributed by atoms with Crippen LogP contribution in [0.5, 0.6) is 0 Å².